The van der Waals surface area contributed by atoms with Crippen LogP contribution in [-0.4, -0.2) is 42.7 Å². The molecule has 0 aliphatic carbocycles. The minimum Gasteiger partial charge on any atom is -0.494 e. The molecule has 1 aromatic carbocycles. The summed E-state index contributed by atoms with van der Waals surface area (Å²) in [6, 6.07) is 6.74. The zero-order valence-electron chi connectivity index (χ0n) is 20.7. The van der Waals surface area contributed by atoms with Crippen LogP contribution < -0.4 is 14.8 Å². The molecule has 3 aromatic rings. The Morgan fingerprint density at radius 1 is 1.26 bits per heavy atom. The van der Waals surface area contributed by atoms with Crippen molar-refractivity contribution < 1.29 is 28.9 Å². The van der Waals surface area contributed by atoms with Gasteiger partial charge in [0.1, 0.15) is 11.8 Å². The average molecular weight is 489 g/mol. The molecule has 2 aromatic heterocycles. The molecule has 10 heteroatoms. The third-order valence-corrected chi connectivity index (χ3v) is 5.03. The van der Waals surface area contributed by atoms with Crippen LogP contribution in [0.15, 0.2) is 42.7 Å². The Morgan fingerprint density at radius 2 is 1.97 bits per heavy atom. The molecule has 0 saturated heterocycles. The van der Waals surface area contributed by atoms with E-state index in [-0.39, 0.29) is 41.5 Å². The van der Waals surface area contributed by atoms with Crippen LogP contribution in [0.1, 0.15) is 47.1 Å². The Kier molecular flexibility index (Phi) is 8.06. The number of hydrogen-bond donors (Lipinski definition) is 3. The quantitative estimate of drug-likeness (QED) is 0.360. The van der Waals surface area contributed by atoms with Crippen LogP contribution in [0.4, 0.5) is 10.2 Å². The number of aromatic hydroxyl groups is 1. The van der Waals surface area contributed by atoms with Crippen molar-refractivity contribution in [1.82, 2.24) is 14.3 Å². The maximum Gasteiger partial charge on any atom is 0.248 e. The van der Waals surface area contributed by atoms with Crippen LogP contribution in [0.25, 0.3) is 0 Å². The number of ether oxygens (including phenoxy) is 2. The summed E-state index contributed by atoms with van der Waals surface area (Å²) in [6.07, 6.45) is 3.54. The van der Waals surface area contributed by atoms with Gasteiger partial charge < -0.3 is 29.6 Å². The van der Waals surface area contributed by atoms with Gasteiger partial charge in [-0.25, -0.2) is 0 Å². The molecule has 0 saturated carbocycles. The molecule has 3 rings (SSSR count). The Morgan fingerprint density at radius 3 is 2.63 bits per heavy atom. The molecule has 2 heterocycles. The molecule has 0 bridgehead atoms. The highest BCUT2D eigenvalue weighted by molar-refractivity contribution is 5.93. The molecule has 0 fully saturated rings. The second-order valence-corrected chi connectivity index (χ2v) is 9.39. The first-order valence-corrected chi connectivity index (χ1v) is 11.5. The van der Waals surface area contributed by atoms with Crippen molar-refractivity contribution in [3.8, 4) is 23.1 Å². The second-order valence-electron chi connectivity index (χ2n) is 9.39. The van der Waals surface area contributed by atoms with Gasteiger partial charge in [0.2, 0.25) is 11.7 Å². The average Bonchev–Trinajstić information content (AvgIpc) is 3.33. The Hall–Kier alpha value is -3.53. The van der Waals surface area contributed by atoms with Gasteiger partial charge in [0.05, 0.1) is 24.9 Å². The zero-order chi connectivity index (χ0) is 25.8. The van der Waals surface area contributed by atoms with Crippen LogP contribution in [0.2, 0.25) is 0 Å². The van der Waals surface area contributed by atoms with Crippen molar-refractivity contribution >= 4 is 11.7 Å². The van der Waals surface area contributed by atoms with E-state index >= 15 is 0 Å². The number of carbonyl (C=O) groups excluding carboxylic acids is 1. The van der Waals surface area contributed by atoms with Gasteiger partial charge in [-0.3, -0.25) is 9.48 Å². The summed E-state index contributed by atoms with van der Waals surface area (Å²) in [6.45, 7) is 9.58. The summed E-state index contributed by atoms with van der Waals surface area (Å²) in [5, 5.41) is 27.6. The maximum atomic E-state index is 14.7. The third-order valence-electron chi connectivity index (χ3n) is 5.03. The predicted molar refractivity (Wildman–Crippen MR) is 129 cm³/mol. The van der Waals surface area contributed by atoms with Crippen molar-refractivity contribution in [2.75, 3.05) is 11.9 Å². The van der Waals surface area contributed by atoms with Crippen molar-refractivity contribution in [3.05, 3.63) is 48.5 Å². The number of rotatable bonds is 11. The first-order chi connectivity index (χ1) is 16.5. The smallest absolute Gasteiger partial charge is 0.248 e. The van der Waals surface area contributed by atoms with E-state index in [4.69, 9.17) is 9.47 Å². The Balaban J connectivity index is 1.81. The molecule has 35 heavy (non-hydrogen) atoms. The summed E-state index contributed by atoms with van der Waals surface area (Å²) in [5.74, 6) is -0.601. The summed E-state index contributed by atoms with van der Waals surface area (Å²) in [4.78, 5) is 13.2. The van der Waals surface area contributed by atoms with Crippen molar-refractivity contribution in [3.63, 3.8) is 0 Å². The summed E-state index contributed by atoms with van der Waals surface area (Å²) in [5.41, 5.74) is -0.956. The van der Waals surface area contributed by atoms with E-state index in [1.165, 1.54) is 33.6 Å². The Bertz CT molecular complexity index is 1150. The highest BCUT2D eigenvalue weighted by atomic mass is 19.1. The zero-order valence-corrected chi connectivity index (χ0v) is 20.7. The minimum absolute atomic E-state index is 0.0599. The molecular weight excluding hydrogens is 455 g/mol. The second kappa shape index (κ2) is 10.8. The van der Waals surface area contributed by atoms with Crippen molar-refractivity contribution in [2.45, 2.75) is 59.2 Å². The van der Waals surface area contributed by atoms with E-state index in [0.717, 1.165) is 0 Å². The van der Waals surface area contributed by atoms with Gasteiger partial charge in [0.25, 0.3) is 0 Å². The SMILES string of the molecule is CCOc1cccc(Oc2cc(O)n([C@@H](CC(C)C)C(=O)Nc3ccn(CC(C)(C)O)n3)c2)c1F. The van der Waals surface area contributed by atoms with Crippen molar-refractivity contribution in [2.24, 2.45) is 5.92 Å². The molecule has 0 aliphatic rings. The highest BCUT2D eigenvalue weighted by Gasteiger charge is 2.26. The number of nitrogens with one attached hydrogen (secondary N) is 1. The first kappa shape index (κ1) is 26.1. The summed E-state index contributed by atoms with van der Waals surface area (Å²) >= 11 is 0. The predicted octanol–water partition coefficient (Wildman–Crippen LogP) is 4.72. The van der Waals surface area contributed by atoms with Crippen molar-refractivity contribution in [1.29, 1.82) is 0 Å². The standard InChI is InChI=1S/C25H33FN4O5/c1-6-34-19-8-7-9-20(23(19)26)35-17-13-22(31)30(14-17)18(12-16(2)3)24(32)27-21-10-11-29(28-21)15-25(4,5)33/h7-11,13-14,16,18,31,33H,6,12,15H2,1-5H3,(H,27,28,32)/t18-/m0/s1. The first-order valence-electron chi connectivity index (χ1n) is 11.5. The molecule has 0 radical (unpaired) electrons. The Labute approximate surface area is 204 Å². The van der Waals surface area contributed by atoms with Crippen LogP contribution >= 0.6 is 0 Å². The van der Waals surface area contributed by atoms with Crippen LogP contribution in [0.3, 0.4) is 0 Å². The highest BCUT2D eigenvalue weighted by Crippen LogP contribution is 2.35. The van der Waals surface area contributed by atoms with Gasteiger partial charge in [0, 0.05) is 18.3 Å². The topological polar surface area (TPSA) is 111 Å². The molecule has 0 spiro atoms. The largest absolute Gasteiger partial charge is 0.494 e. The van der Waals surface area contributed by atoms with Gasteiger partial charge in [-0.05, 0) is 45.2 Å². The molecule has 1 amide bonds. The van der Waals surface area contributed by atoms with E-state index in [1.807, 2.05) is 13.8 Å². The lowest BCUT2D eigenvalue weighted by atomic mass is 10.0. The maximum absolute atomic E-state index is 14.7. The number of benzene rings is 1. The number of carbonyl (C=O) groups is 1. The fourth-order valence-electron chi connectivity index (χ4n) is 3.63. The van der Waals surface area contributed by atoms with Gasteiger partial charge in [-0.2, -0.15) is 9.49 Å². The molecule has 0 aliphatic heterocycles. The fourth-order valence-corrected chi connectivity index (χ4v) is 3.63. The lowest BCUT2D eigenvalue weighted by Crippen LogP contribution is -2.28. The lowest BCUT2D eigenvalue weighted by molar-refractivity contribution is -0.119. The molecule has 3 N–H and O–H groups in total. The van der Waals surface area contributed by atoms with E-state index in [2.05, 4.69) is 10.4 Å². The molecule has 190 valence electrons. The van der Waals surface area contributed by atoms with Crippen LogP contribution in [-0.2, 0) is 11.3 Å². The van der Waals surface area contributed by atoms with Gasteiger partial charge in [0.15, 0.2) is 23.2 Å². The molecule has 0 unspecified atom stereocenters. The van der Waals surface area contributed by atoms with Gasteiger partial charge in [-0.1, -0.05) is 19.9 Å². The van der Waals surface area contributed by atoms with E-state index in [9.17, 15) is 19.4 Å². The summed E-state index contributed by atoms with van der Waals surface area (Å²) < 4.78 is 28.5. The number of halogens is 1. The number of aliphatic hydroxyl groups is 1. The summed E-state index contributed by atoms with van der Waals surface area (Å²) in [7, 11) is 0. The van der Waals surface area contributed by atoms with Crippen LogP contribution in [0.5, 0.6) is 23.1 Å². The monoisotopic (exact) mass is 488 g/mol. The number of hydrogen-bond acceptors (Lipinski definition) is 6. The molecule has 1 atom stereocenters. The number of aromatic nitrogens is 3. The van der Waals surface area contributed by atoms with E-state index < -0.39 is 17.5 Å². The van der Waals surface area contributed by atoms with Crippen LogP contribution in [0, 0.1) is 11.7 Å². The number of nitrogens with zero attached hydrogens (tertiary/aromatic N) is 3. The number of anilines is 1. The normalized spacial score (nSPS) is 12.6. The van der Waals surface area contributed by atoms with Gasteiger partial charge in [-0.15, -0.1) is 0 Å². The minimum atomic E-state index is -0.956. The number of amides is 1. The third kappa shape index (κ3) is 6.98. The molecular formula is C25H33FN4O5. The lowest BCUT2D eigenvalue weighted by Gasteiger charge is -2.20. The van der Waals surface area contributed by atoms with E-state index in [1.54, 1.807) is 39.1 Å². The fraction of sp³-hybridized carbons (Fsp3) is 0.440. The van der Waals surface area contributed by atoms with Gasteiger partial charge >= 0.3 is 0 Å². The molecule has 9 nitrogen and oxygen atoms in total. The van der Waals surface area contributed by atoms with E-state index in [0.29, 0.717) is 18.8 Å².